The van der Waals surface area contributed by atoms with Gasteiger partial charge >= 0.3 is 9.28 Å². The van der Waals surface area contributed by atoms with E-state index in [0.717, 1.165) is 25.9 Å². The summed E-state index contributed by atoms with van der Waals surface area (Å²) in [5.41, 5.74) is 0. The first-order valence-corrected chi connectivity index (χ1v) is 5.62. The topological polar surface area (TPSA) is 31.0 Å². The van der Waals surface area contributed by atoms with Gasteiger partial charge in [0.2, 0.25) is 0 Å². The van der Waals surface area contributed by atoms with E-state index in [2.05, 4.69) is 0 Å². The second-order valence-electron chi connectivity index (χ2n) is 2.40. The van der Waals surface area contributed by atoms with E-state index in [4.69, 9.17) is 13.6 Å². The van der Waals surface area contributed by atoms with Crippen molar-refractivity contribution in [2.45, 2.75) is 26.0 Å². The molecule has 1 atom stereocenters. The Morgan fingerprint density at radius 1 is 1.36 bits per heavy atom. The lowest BCUT2D eigenvalue weighted by molar-refractivity contribution is 0.210. The predicted octanol–water partition coefficient (Wildman–Crippen LogP) is 0.946. The molecule has 0 N–H and O–H groups in total. The molecule has 3 nitrogen and oxygen atoms in total. The fraction of sp³-hybridized carbons (Fsp3) is 1.00. The van der Waals surface area contributed by atoms with Gasteiger partial charge in [-0.25, -0.2) is 0 Å². The van der Waals surface area contributed by atoms with Gasteiger partial charge in [0.1, 0.15) is 0 Å². The van der Waals surface area contributed by atoms with Gasteiger partial charge in [-0.15, -0.1) is 0 Å². The molecule has 1 unspecified atom stereocenters. The molecular formula is C7H15O3Si. The highest BCUT2D eigenvalue weighted by atomic mass is 28.3. The Hall–Kier alpha value is 0.0969. The Kier molecular flexibility index (Phi) is 4.07. The molecule has 0 aromatic rings. The van der Waals surface area contributed by atoms with Crippen LogP contribution in [0.15, 0.2) is 0 Å². The van der Waals surface area contributed by atoms with Gasteiger partial charge in [-0.1, -0.05) is 0 Å². The smallest absolute Gasteiger partial charge is 0.387 e. The second-order valence-corrected chi connectivity index (χ2v) is 4.13. The normalized spacial score (nSPS) is 22.6. The summed E-state index contributed by atoms with van der Waals surface area (Å²) in [6, 6.07) is 0.979. The highest BCUT2D eigenvalue weighted by molar-refractivity contribution is 6.44. The molecule has 1 heterocycles. The maximum Gasteiger partial charge on any atom is 0.387 e. The van der Waals surface area contributed by atoms with Crippen LogP contribution in [0, 0.1) is 0 Å². The zero-order chi connectivity index (χ0) is 8.10. The van der Waals surface area contributed by atoms with Gasteiger partial charge in [-0.05, 0) is 13.8 Å². The highest BCUT2D eigenvalue weighted by Crippen LogP contribution is 2.17. The minimum Gasteiger partial charge on any atom is -0.394 e. The van der Waals surface area contributed by atoms with Gasteiger partial charge in [0.15, 0.2) is 0 Å². The van der Waals surface area contributed by atoms with Crippen molar-refractivity contribution in [3.8, 4) is 0 Å². The highest BCUT2D eigenvalue weighted by Gasteiger charge is 2.30. The molecule has 0 bridgehead atoms. The lowest BCUT2D eigenvalue weighted by Crippen LogP contribution is -2.24. The van der Waals surface area contributed by atoms with Crippen LogP contribution in [-0.4, -0.2) is 35.2 Å². The van der Waals surface area contributed by atoms with Gasteiger partial charge in [0.25, 0.3) is 0 Å². The third kappa shape index (κ3) is 3.86. The number of hydrogen-bond acceptors (Lipinski definition) is 3. The van der Waals surface area contributed by atoms with E-state index in [0.29, 0.717) is 6.10 Å². The van der Waals surface area contributed by atoms with Crippen molar-refractivity contribution in [2.75, 3.05) is 19.8 Å². The summed E-state index contributed by atoms with van der Waals surface area (Å²) >= 11 is 0. The Morgan fingerprint density at radius 2 is 1.91 bits per heavy atom. The SMILES string of the molecule is CCO[Si](CC1CO1)OCC. The molecule has 65 valence electrons. The Labute approximate surface area is 69.5 Å². The molecule has 0 aromatic carbocycles. The fourth-order valence-electron chi connectivity index (χ4n) is 0.853. The van der Waals surface area contributed by atoms with E-state index in [1.807, 2.05) is 13.8 Å². The van der Waals surface area contributed by atoms with Crippen LogP contribution in [-0.2, 0) is 13.6 Å². The second kappa shape index (κ2) is 4.87. The summed E-state index contributed by atoms with van der Waals surface area (Å²) in [6.45, 7) is 6.39. The first-order chi connectivity index (χ1) is 5.36. The largest absolute Gasteiger partial charge is 0.394 e. The lowest BCUT2D eigenvalue weighted by Gasteiger charge is -2.10. The molecule has 0 amide bonds. The van der Waals surface area contributed by atoms with Crippen LogP contribution in [0.25, 0.3) is 0 Å². The van der Waals surface area contributed by atoms with E-state index in [1.54, 1.807) is 0 Å². The average molecular weight is 175 g/mol. The zero-order valence-corrected chi connectivity index (χ0v) is 8.13. The molecule has 0 saturated carbocycles. The van der Waals surface area contributed by atoms with Crippen molar-refractivity contribution in [3.05, 3.63) is 0 Å². The number of ether oxygens (including phenoxy) is 1. The van der Waals surface area contributed by atoms with Crippen LogP contribution in [0.2, 0.25) is 6.04 Å². The van der Waals surface area contributed by atoms with Crippen LogP contribution >= 0.6 is 0 Å². The monoisotopic (exact) mass is 175 g/mol. The molecule has 11 heavy (non-hydrogen) atoms. The summed E-state index contributed by atoms with van der Waals surface area (Å²) in [4.78, 5) is 0. The third-order valence-electron chi connectivity index (χ3n) is 1.41. The summed E-state index contributed by atoms with van der Waals surface area (Å²) in [6.07, 6.45) is 0.432. The predicted molar refractivity (Wildman–Crippen MR) is 43.6 cm³/mol. The molecule has 1 aliphatic rings. The van der Waals surface area contributed by atoms with Gasteiger partial charge < -0.3 is 13.6 Å². The molecule has 0 spiro atoms. The maximum absolute atomic E-state index is 5.43. The molecule has 4 heteroatoms. The van der Waals surface area contributed by atoms with Gasteiger partial charge in [-0.2, -0.15) is 0 Å². The van der Waals surface area contributed by atoms with E-state index in [9.17, 15) is 0 Å². The number of rotatable bonds is 6. The van der Waals surface area contributed by atoms with Crippen LogP contribution in [0.1, 0.15) is 13.8 Å². The summed E-state index contributed by atoms with van der Waals surface area (Å²) < 4.78 is 16.0. The fourth-order valence-corrected chi connectivity index (χ4v) is 2.42. The molecule has 1 rings (SSSR count). The van der Waals surface area contributed by atoms with Crippen molar-refractivity contribution in [2.24, 2.45) is 0 Å². The minimum absolute atomic E-state index is 0.432. The molecule has 0 aliphatic carbocycles. The first kappa shape index (κ1) is 9.19. The standard InChI is InChI=1S/C7H15O3Si/c1-3-9-11(10-4-2)6-7-5-8-7/h7H,3-6H2,1-2H3. The van der Waals surface area contributed by atoms with Gasteiger partial charge in [0, 0.05) is 19.3 Å². The van der Waals surface area contributed by atoms with Crippen LogP contribution < -0.4 is 0 Å². The Morgan fingerprint density at radius 3 is 2.27 bits per heavy atom. The van der Waals surface area contributed by atoms with E-state index < -0.39 is 9.28 Å². The van der Waals surface area contributed by atoms with Crippen molar-refractivity contribution in [3.63, 3.8) is 0 Å². The molecule has 0 aromatic heterocycles. The summed E-state index contributed by atoms with van der Waals surface area (Å²) in [5, 5.41) is 0. The van der Waals surface area contributed by atoms with Crippen molar-refractivity contribution in [1.82, 2.24) is 0 Å². The molecule has 1 fully saturated rings. The average Bonchev–Trinajstić information content (AvgIpc) is 2.73. The Bertz CT molecular complexity index is 99.9. The minimum atomic E-state index is -1.01. The first-order valence-electron chi connectivity index (χ1n) is 4.09. The number of epoxide rings is 1. The van der Waals surface area contributed by atoms with Crippen LogP contribution in [0.4, 0.5) is 0 Å². The quantitative estimate of drug-likeness (QED) is 0.445. The maximum atomic E-state index is 5.43. The van der Waals surface area contributed by atoms with Gasteiger partial charge in [-0.3, -0.25) is 0 Å². The van der Waals surface area contributed by atoms with Crippen LogP contribution in [0.5, 0.6) is 0 Å². The molecule has 1 saturated heterocycles. The third-order valence-corrected chi connectivity index (χ3v) is 3.42. The van der Waals surface area contributed by atoms with Gasteiger partial charge in [0.05, 0.1) is 12.7 Å². The summed E-state index contributed by atoms with van der Waals surface area (Å²) in [5.74, 6) is 0. The van der Waals surface area contributed by atoms with E-state index in [-0.39, 0.29) is 0 Å². The van der Waals surface area contributed by atoms with Crippen molar-refractivity contribution >= 4 is 9.28 Å². The molecule has 1 radical (unpaired) electrons. The molecular weight excluding hydrogens is 160 g/mol. The molecule has 1 aliphatic heterocycles. The number of hydrogen-bond donors (Lipinski definition) is 0. The van der Waals surface area contributed by atoms with E-state index >= 15 is 0 Å². The van der Waals surface area contributed by atoms with Crippen LogP contribution in [0.3, 0.4) is 0 Å². The zero-order valence-electron chi connectivity index (χ0n) is 7.13. The summed E-state index contributed by atoms with van der Waals surface area (Å²) in [7, 11) is -1.01. The van der Waals surface area contributed by atoms with E-state index in [1.165, 1.54) is 0 Å². The van der Waals surface area contributed by atoms with Crippen molar-refractivity contribution in [1.29, 1.82) is 0 Å². The lowest BCUT2D eigenvalue weighted by atomic mass is 10.6. The Balaban J connectivity index is 2.08. The van der Waals surface area contributed by atoms with Crippen molar-refractivity contribution < 1.29 is 13.6 Å².